The molecular formula is C17H16F2N2O4S. The van der Waals surface area contributed by atoms with E-state index in [-0.39, 0.29) is 36.0 Å². The number of anilines is 2. The fraction of sp³-hybridized carbons (Fsp3) is 0.294. The van der Waals surface area contributed by atoms with Crippen molar-refractivity contribution in [2.75, 3.05) is 30.0 Å². The zero-order valence-corrected chi connectivity index (χ0v) is 14.9. The Morgan fingerprint density at radius 2 is 1.85 bits per heavy atom. The van der Waals surface area contributed by atoms with Crippen molar-refractivity contribution in [3.63, 3.8) is 0 Å². The molecule has 2 aliphatic rings. The van der Waals surface area contributed by atoms with Gasteiger partial charge in [-0.1, -0.05) is 11.8 Å². The van der Waals surface area contributed by atoms with E-state index in [1.807, 2.05) is 0 Å². The van der Waals surface area contributed by atoms with Crippen LogP contribution in [0.5, 0.6) is 0 Å². The van der Waals surface area contributed by atoms with Gasteiger partial charge >= 0.3 is 11.9 Å². The molecule has 3 rings (SSSR count). The van der Waals surface area contributed by atoms with E-state index in [0.29, 0.717) is 11.4 Å². The molecule has 1 aromatic rings. The minimum atomic E-state index is -1.02. The molecule has 0 bridgehead atoms. The number of benzene rings is 1. The number of carbonyl (C=O) groups is 2. The van der Waals surface area contributed by atoms with Gasteiger partial charge in [0.15, 0.2) is 17.2 Å². The lowest BCUT2D eigenvalue weighted by Crippen LogP contribution is -2.32. The fourth-order valence-corrected chi connectivity index (χ4v) is 3.70. The minimum Gasteiger partial charge on any atom is -0.462 e. The van der Waals surface area contributed by atoms with Crippen molar-refractivity contribution in [1.82, 2.24) is 0 Å². The molecule has 1 N–H and O–H groups in total. The third-order valence-electron chi connectivity index (χ3n) is 3.73. The van der Waals surface area contributed by atoms with Crippen molar-refractivity contribution >= 4 is 35.1 Å². The summed E-state index contributed by atoms with van der Waals surface area (Å²) in [6.07, 6.45) is 0. The van der Waals surface area contributed by atoms with Crippen molar-refractivity contribution in [1.29, 1.82) is 0 Å². The Bertz CT molecular complexity index is 818. The van der Waals surface area contributed by atoms with Crippen LogP contribution < -0.4 is 10.2 Å². The van der Waals surface area contributed by atoms with Gasteiger partial charge in [-0.25, -0.2) is 18.4 Å². The number of rotatable bonds is 4. The van der Waals surface area contributed by atoms with Crippen molar-refractivity contribution in [3.8, 4) is 0 Å². The van der Waals surface area contributed by atoms with Gasteiger partial charge in [-0.05, 0) is 31.4 Å². The predicted molar refractivity (Wildman–Crippen MR) is 93.3 cm³/mol. The Balaban J connectivity index is 2.14. The smallest absolute Gasteiger partial charge is 0.348 e. The summed E-state index contributed by atoms with van der Waals surface area (Å²) in [4.78, 5) is 26.3. The van der Waals surface area contributed by atoms with Gasteiger partial charge in [0.2, 0.25) is 0 Å². The van der Waals surface area contributed by atoms with Crippen LogP contribution in [0.25, 0.3) is 0 Å². The lowest BCUT2D eigenvalue weighted by molar-refractivity contribution is -0.146. The summed E-state index contributed by atoms with van der Waals surface area (Å²) in [6, 6.07) is 2.38. The van der Waals surface area contributed by atoms with Crippen LogP contribution in [0.3, 0.4) is 0 Å². The van der Waals surface area contributed by atoms with Gasteiger partial charge in [0.25, 0.3) is 0 Å². The van der Waals surface area contributed by atoms with Crippen LogP contribution >= 0.6 is 11.8 Å². The van der Waals surface area contributed by atoms with Crippen molar-refractivity contribution in [2.24, 2.45) is 0 Å². The molecule has 1 aromatic carbocycles. The van der Waals surface area contributed by atoms with Gasteiger partial charge in [0.1, 0.15) is 5.03 Å². The van der Waals surface area contributed by atoms with E-state index in [4.69, 9.17) is 9.47 Å². The number of ether oxygens (including phenoxy) is 2. The summed E-state index contributed by atoms with van der Waals surface area (Å²) in [6.45, 7) is 3.61. The highest BCUT2D eigenvalue weighted by Crippen LogP contribution is 2.47. The van der Waals surface area contributed by atoms with Crippen LogP contribution in [0.15, 0.2) is 33.8 Å². The Morgan fingerprint density at radius 1 is 1.19 bits per heavy atom. The molecule has 0 aromatic heterocycles. The minimum absolute atomic E-state index is 0.0331. The first-order valence-corrected chi connectivity index (χ1v) is 8.83. The van der Waals surface area contributed by atoms with Crippen molar-refractivity contribution in [3.05, 3.63) is 45.5 Å². The SMILES string of the molecule is CCOC(=O)C(C(=O)OCC)=C1SC=C2CNc3c(ccc(F)c3F)N21. The molecule has 0 aliphatic carbocycles. The molecule has 0 amide bonds. The Hall–Kier alpha value is -2.55. The lowest BCUT2D eigenvalue weighted by atomic mass is 10.1. The number of nitrogens with one attached hydrogen (secondary N) is 1. The maximum absolute atomic E-state index is 14.1. The molecule has 0 fully saturated rings. The highest BCUT2D eigenvalue weighted by Gasteiger charge is 2.37. The maximum Gasteiger partial charge on any atom is 0.348 e. The standard InChI is InChI=1S/C17H16F2N2O4S/c1-3-24-16(22)12(17(23)25-4-2)15-21-9(8-26-15)7-20-14-11(21)6-5-10(18)13(14)19/h5-6,8,20H,3-4,7H2,1-2H3. The predicted octanol–water partition coefficient (Wildman–Crippen LogP) is 3.12. The molecular weight excluding hydrogens is 366 g/mol. The zero-order valence-electron chi connectivity index (χ0n) is 14.1. The van der Waals surface area contributed by atoms with Gasteiger partial charge in [0, 0.05) is 5.70 Å². The van der Waals surface area contributed by atoms with Crippen LogP contribution in [-0.4, -0.2) is 31.7 Å². The number of carbonyl (C=O) groups excluding carboxylic acids is 2. The second-order valence-corrected chi connectivity index (χ2v) is 6.15. The number of thioether (sulfide) groups is 1. The van der Waals surface area contributed by atoms with E-state index in [2.05, 4.69) is 5.32 Å². The average Bonchev–Trinajstić information content (AvgIpc) is 3.03. The van der Waals surface area contributed by atoms with E-state index in [0.717, 1.165) is 17.8 Å². The Kier molecular flexibility index (Phi) is 5.17. The first-order chi connectivity index (χ1) is 12.5. The number of esters is 2. The highest BCUT2D eigenvalue weighted by atomic mass is 32.2. The molecule has 138 valence electrons. The number of fused-ring (bicyclic) bond motifs is 3. The topological polar surface area (TPSA) is 67.9 Å². The summed E-state index contributed by atoms with van der Waals surface area (Å²) in [5, 5.41) is 4.79. The summed E-state index contributed by atoms with van der Waals surface area (Å²) in [7, 11) is 0. The second-order valence-electron chi connectivity index (χ2n) is 5.29. The number of hydrogen-bond donors (Lipinski definition) is 1. The molecule has 0 saturated heterocycles. The maximum atomic E-state index is 14.1. The lowest BCUT2D eigenvalue weighted by Gasteiger charge is -2.32. The summed E-state index contributed by atoms with van der Waals surface area (Å²) >= 11 is 1.12. The van der Waals surface area contributed by atoms with E-state index < -0.39 is 23.6 Å². The fourth-order valence-electron chi connectivity index (χ4n) is 2.65. The number of halogens is 2. The third-order valence-corrected chi connectivity index (χ3v) is 4.73. The molecule has 2 heterocycles. The first-order valence-electron chi connectivity index (χ1n) is 7.95. The molecule has 9 heteroatoms. The first kappa shape index (κ1) is 18.2. The highest BCUT2D eigenvalue weighted by molar-refractivity contribution is 8.06. The Labute approximate surface area is 152 Å². The van der Waals surface area contributed by atoms with E-state index in [1.54, 1.807) is 24.2 Å². The zero-order chi connectivity index (χ0) is 18.8. The van der Waals surface area contributed by atoms with Crippen LogP contribution in [-0.2, 0) is 19.1 Å². The largest absolute Gasteiger partial charge is 0.462 e. The van der Waals surface area contributed by atoms with Crippen LogP contribution in [0.1, 0.15) is 13.8 Å². The normalized spacial score (nSPS) is 14.8. The van der Waals surface area contributed by atoms with E-state index in [1.165, 1.54) is 6.07 Å². The van der Waals surface area contributed by atoms with Gasteiger partial charge < -0.3 is 19.7 Å². The van der Waals surface area contributed by atoms with Gasteiger partial charge in [-0.3, -0.25) is 0 Å². The molecule has 0 unspecified atom stereocenters. The van der Waals surface area contributed by atoms with Gasteiger partial charge in [0.05, 0.1) is 31.1 Å². The molecule has 0 spiro atoms. The second kappa shape index (κ2) is 7.36. The summed E-state index contributed by atoms with van der Waals surface area (Å²) in [5.41, 5.74) is 0.679. The molecule has 0 radical (unpaired) electrons. The van der Waals surface area contributed by atoms with Crippen LogP contribution in [0.4, 0.5) is 20.2 Å². The van der Waals surface area contributed by atoms with Crippen LogP contribution in [0.2, 0.25) is 0 Å². The molecule has 26 heavy (non-hydrogen) atoms. The summed E-state index contributed by atoms with van der Waals surface area (Å²) in [5.74, 6) is -3.67. The number of nitrogens with zero attached hydrogens (tertiary/aromatic N) is 1. The van der Waals surface area contributed by atoms with Gasteiger partial charge in [-0.15, -0.1) is 0 Å². The molecule has 6 nitrogen and oxygen atoms in total. The van der Waals surface area contributed by atoms with Gasteiger partial charge in [-0.2, -0.15) is 0 Å². The van der Waals surface area contributed by atoms with Crippen molar-refractivity contribution in [2.45, 2.75) is 13.8 Å². The molecule has 2 aliphatic heterocycles. The van der Waals surface area contributed by atoms with Crippen LogP contribution in [0, 0.1) is 11.6 Å². The molecule has 0 saturated carbocycles. The van der Waals surface area contributed by atoms with E-state index in [9.17, 15) is 18.4 Å². The van der Waals surface area contributed by atoms with E-state index >= 15 is 0 Å². The Morgan fingerprint density at radius 3 is 2.46 bits per heavy atom. The monoisotopic (exact) mass is 382 g/mol. The average molecular weight is 382 g/mol. The summed E-state index contributed by atoms with van der Waals surface area (Å²) < 4.78 is 37.7. The third kappa shape index (κ3) is 3.03. The quantitative estimate of drug-likeness (QED) is 0.371. The molecule has 0 atom stereocenters. The number of hydrogen-bond acceptors (Lipinski definition) is 7. The van der Waals surface area contributed by atoms with Crippen molar-refractivity contribution < 1.29 is 27.8 Å².